The van der Waals surface area contributed by atoms with Gasteiger partial charge in [-0.25, -0.2) is 17.6 Å². The van der Waals surface area contributed by atoms with Crippen molar-refractivity contribution in [1.29, 1.82) is 0 Å². The predicted molar refractivity (Wildman–Crippen MR) is 166 cm³/mol. The number of nitrogens with one attached hydrogen (secondary N) is 2. The maximum Gasteiger partial charge on any atom is 0.322 e. The molecule has 3 aromatic rings. The monoisotopic (exact) mass is 620 g/mol. The van der Waals surface area contributed by atoms with Crippen LogP contribution in [0.25, 0.3) is 0 Å². The number of unbranched alkanes of at least 4 members (excludes halogenated alkanes) is 1. The van der Waals surface area contributed by atoms with Crippen LogP contribution >= 0.6 is 12.4 Å². The van der Waals surface area contributed by atoms with Crippen LogP contribution in [0.2, 0.25) is 0 Å². The first-order valence-electron chi connectivity index (χ1n) is 13.7. The van der Waals surface area contributed by atoms with Gasteiger partial charge in [-0.15, -0.1) is 12.4 Å². The van der Waals surface area contributed by atoms with E-state index in [0.29, 0.717) is 29.4 Å². The Bertz CT molecular complexity index is 1420. The van der Waals surface area contributed by atoms with Crippen molar-refractivity contribution >= 4 is 39.8 Å². The van der Waals surface area contributed by atoms with Gasteiger partial charge in [-0.05, 0) is 73.4 Å². The first-order valence-corrected chi connectivity index (χ1v) is 15.6. The van der Waals surface area contributed by atoms with E-state index >= 15 is 0 Å². The van der Waals surface area contributed by atoms with Crippen LogP contribution in [0.3, 0.4) is 0 Å². The molecular formula is C30H38ClFN4O5S. The molecule has 1 fully saturated rings. The average molecular weight is 621 g/mol. The number of carbonyl (C=O) groups excluding carboxylic acids is 1. The number of rotatable bonds is 11. The molecule has 2 amide bonds. The summed E-state index contributed by atoms with van der Waals surface area (Å²) in [5, 5.41) is 13.3. The number of phenolic OH excluding ortho intramolecular Hbond substituents is 1. The van der Waals surface area contributed by atoms with Crippen LogP contribution < -0.4 is 19.7 Å². The van der Waals surface area contributed by atoms with E-state index in [4.69, 9.17) is 4.74 Å². The number of piperidine rings is 1. The van der Waals surface area contributed by atoms with Crippen LogP contribution in [0, 0.1) is 5.82 Å². The Morgan fingerprint density at radius 2 is 1.67 bits per heavy atom. The second kappa shape index (κ2) is 15.1. The molecule has 1 aliphatic rings. The summed E-state index contributed by atoms with van der Waals surface area (Å²) in [6.45, 7) is 4.89. The lowest BCUT2D eigenvalue weighted by Crippen LogP contribution is -2.49. The maximum absolute atomic E-state index is 13.5. The van der Waals surface area contributed by atoms with Gasteiger partial charge in [-0.2, -0.15) is 0 Å². The molecule has 9 nitrogen and oxygen atoms in total. The Balaban J connectivity index is 0.00000484. The molecule has 0 atom stereocenters. The molecule has 1 saturated heterocycles. The van der Waals surface area contributed by atoms with Gasteiger partial charge in [0, 0.05) is 44.0 Å². The Morgan fingerprint density at radius 3 is 2.24 bits per heavy atom. The highest BCUT2D eigenvalue weighted by Crippen LogP contribution is 2.29. The zero-order valence-corrected chi connectivity index (χ0v) is 25.4. The van der Waals surface area contributed by atoms with Gasteiger partial charge in [-0.1, -0.05) is 25.5 Å². The van der Waals surface area contributed by atoms with Crippen LogP contribution in [0.4, 0.5) is 20.6 Å². The highest BCUT2D eigenvalue weighted by atomic mass is 35.5. The first-order chi connectivity index (χ1) is 19.6. The van der Waals surface area contributed by atoms with Gasteiger partial charge in [-0.3, -0.25) is 14.5 Å². The van der Waals surface area contributed by atoms with E-state index in [2.05, 4.69) is 14.9 Å². The summed E-state index contributed by atoms with van der Waals surface area (Å²) in [5.41, 5.74) is 1.92. The topological polar surface area (TPSA) is 111 Å². The first kappa shape index (κ1) is 33.0. The highest BCUT2D eigenvalue weighted by Gasteiger charge is 2.25. The summed E-state index contributed by atoms with van der Waals surface area (Å²) < 4.78 is 44.5. The molecule has 0 saturated carbocycles. The van der Waals surface area contributed by atoms with Crippen molar-refractivity contribution in [2.75, 3.05) is 35.5 Å². The molecule has 0 unspecified atom stereocenters. The van der Waals surface area contributed by atoms with Gasteiger partial charge in [0.1, 0.15) is 23.1 Å². The summed E-state index contributed by atoms with van der Waals surface area (Å²) >= 11 is 0. The standard InChI is InChI=1S/C30H37FN4O5S.ClH/c1-3-4-17-35(28-14-7-23(31)20-29(28)36)30(37)32-24-15-18-34(19-16-24)21-22-5-10-26(11-6-22)40-27-12-8-25(9-13-27)33-41(2,38)39;/h5-14,20,24,33,36H,3-4,15-19,21H2,1-2H3,(H,32,37);1H. The van der Waals surface area contributed by atoms with Crippen molar-refractivity contribution in [3.8, 4) is 17.2 Å². The molecule has 0 aliphatic carbocycles. The summed E-state index contributed by atoms with van der Waals surface area (Å²) in [6.07, 6.45) is 4.35. The molecular weight excluding hydrogens is 583 g/mol. The van der Waals surface area contributed by atoms with Gasteiger partial charge in [0.05, 0.1) is 11.9 Å². The van der Waals surface area contributed by atoms with E-state index in [1.165, 1.54) is 17.0 Å². The minimum atomic E-state index is -3.33. The molecule has 12 heteroatoms. The van der Waals surface area contributed by atoms with E-state index in [-0.39, 0.29) is 30.2 Å². The van der Waals surface area contributed by atoms with Gasteiger partial charge in [0.25, 0.3) is 0 Å². The number of phenols is 1. The lowest BCUT2D eigenvalue weighted by atomic mass is 10.0. The molecule has 0 spiro atoms. The minimum absolute atomic E-state index is 0. The number of sulfonamides is 1. The van der Waals surface area contributed by atoms with Crippen LogP contribution in [0.1, 0.15) is 38.2 Å². The van der Waals surface area contributed by atoms with Crippen LogP contribution in [-0.4, -0.2) is 56.4 Å². The molecule has 1 heterocycles. The number of halogens is 2. The molecule has 1 aliphatic heterocycles. The number of ether oxygens (including phenoxy) is 1. The fourth-order valence-electron chi connectivity index (χ4n) is 4.72. The number of hydrogen-bond donors (Lipinski definition) is 3. The van der Waals surface area contributed by atoms with Crippen LogP contribution in [0.15, 0.2) is 66.7 Å². The van der Waals surface area contributed by atoms with Gasteiger partial charge < -0.3 is 15.2 Å². The van der Waals surface area contributed by atoms with Crippen molar-refractivity contribution in [2.24, 2.45) is 0 Å². The van der Waals surface area contributed by atoms with E-state index in [1.807, 2.05) is 31.2 Å². The second-order valence-corrected chi connectivity index (χ2v) is 12.0. The molecule has 228 valence electrons. The van der Waals surface area contributed by atoms with E-state index in [9.17, 15) is 22.7 Å². The zero-order valence-electron chi connectivity index (χ0n) is 23.8. The van der Waals surface area contributed by atoms with E-state index < -0.39 is 15.8 Å². The van der Waals surface area contributed by atoms with Crippen molar-refractivity contribution in [3.05, 3.63) is 78.1 Å². The third kappa shape index (κ3) is 9.78. The molecule has 0 radical (unpaired) electrons. The van der Waals surface area contributed by atoms with Gasteiger partial charge in [0.15, 0.2) is 0 Å². The SMILES string of the molecule is CCCCN(C(=O)NC1CCN(Cc2ccc(Oc3ccc(NS(C)(=O)=O)cc3)cc2)CC1)c1ccc(F)cc1O.Cl. The summed E-state index contributed by atoms with van der Waals surface area (Å²) in [5.74, 6) is 0.484. The lowest BCUT2D eigenvalue weighted by Gasteiger charge is -2.34. The highest BCUT2D eigenvalue weighted by molar-refractivity contribution is 7.92. The van der Waals surface area contributed by atoms with Gasteiger partial charge in [0.2, 0.25) is 10.0 Å². The smallest absolute Gasteiger partial charge is 0.322 e. The van der Waals surface area contributed by atoms with E-state index in [1.54, 1.807) is 24.3 Å². The Hall–Kier alpha value is -3.54. The molecule has 3 N–H and O–H groups in total. The summed E-state index contributed by atoms with van der Waals surface area (Å²) in [4.78, 5) is 17.0. The summed E-state index contributed by atoms with van der Waals surface area (Å²) in [7, 11) is -3.33. The largest absolute Gasteiger partial charge is 0.506 e. The molecule has 3 aromatic carbocycles. The second-order valence-electron chi connectivity index (χ2n) is 10.3. The van der Waals surface area contributed by atoms with Crippen LogP contribution in [0.5, 0.6) is 17.2 Å². The molecule has 42 heavy (non-hydrogen) atoms. The Kier molecular flexibility index (Phi) is 11.8. The fraction of sp³-hybridized carbons (Fsp3) is 0.367. The maximum atomic E-state index is 13.5. The van der Waals surface area contributed by atoms with Gasteiger partial charge >= 0.3 is 6.03 Å². The molecule has 0 bridgehead atoms. The normalized spacial score (nSPS) is 14.1. The number of aromatic hydroxyl groups is 1. The fourth-order valence-corrected chi connectivity index (χ4v) is 5.29. The molecule has 0 aromatic heterocycles. The number of benzene rings is 3. The number of hydrogen-bond acceptors (Lipinski definition) is 6. The number of urea groups is 1. The Labute approximate surface area is 253 Å². The third-order valence-corrected chi connectivity index (χ3v) is 7.45. The average Bonchev–Trinajstić information content (AvgIpc) is 2.92. The number of carbonyl (C=O) groups is 1. The molecule has 4 rings (SSSR count). The third-order valence-electron chi connectivity index (χ3n) is 6.85. The van der Waals surface area contributed by atoms with E-state index in [0.717, 1.165) is 63.2 Å². The van der Waals surface area contributed by atoms with Crippen molar-refractivity contribution in [2.45, 2.75) is 45.2 Å². The summed E-state index contributed by atoms with van der Waals surface area (Å²) in [6, 6.07) is 18.0. The quantitative estimate of drug-likeness (QED) is 0.239. The number of anilines is 2. The number of nitrogens with zero attached hydrogens (tertiary/aromatic N) is 2. The number of amides is 2. The lowest BCUT2D eigenvalue weighted by molar-refractivity contribution is 0.188. The minimum Gasteiger partial charge on any atom is -0.506 e. The Morgan fingerprint density at radius 1 is 1.05 bits per heavy atom. The number of likely N-dealkylation sites (tertiary alicyclic amines) is 1. The van der Waals surface area contributed by atoms with Crippen molar-refractivity contribution in [3.63, 3.8) is 0 Å². The predicted octanol–water partition coefficient (Wildman–Crippen LogP) is 6.10. The van der Waals surface area contributed by atoms with Crippen molar-refractivity contribution in [1.82, 2.24) is 10.2 Å². The zero-order chi connectivity index (χ0) is 29.4. The van der Waals surface area contributed by atoms with Crippen molar-refractivity contribution < 1.29 is 27.4 Å². The van der Waals surface area contributed by atoms with Crippen LogP contribution in [-0.2, 0) is 16.6 Å².